The van der Waals surface area contributed by atoms with Crippen molar-refractivity contribution in [1.82, 2.24) is 0 Å². The lowest BCUT2D eigenvalue weighted by atomic mass is 9.76. The fourth-order valence-corrected chi connectivity index (χ4v) is 5.25. The standard InChI is InChI=1S/C26H26N2O5/c1-16-10-11-21-22(12-16)25(31)28(24(21)30)19-8-5-9-20(14-19)33-26(32)17-13-23(29)27(15-17)18-6-3-2-4-7-18/h2-9,14,16-17,21-22H,10-13,15H2,1H3/t16-,17+,21-,22+/m0/s1. The molecule has 170 valence electrons. The van der Waals surface area contributed by atoms with Crippen molar-refractivity contribution in [1.29, 1.82) is 0 Å². The van der Waals surface area contributed by atoms with Crippen LogP contribution in [0.25, 0.3) is 0 Å². The molecule has 33 heavy (non-hydrogen) atoms. The zero-order chi connectivity index (χ0) is 23.1. The number of hydrogen-bond donors (Lipinski definition) is 0. The molecule has 0 spiro atoms. The minimum atomic E-state index is -0.583. The number of esters is 1. The number of ether oxygens (including phenoxy) is 1. The van der Waals surface area contributed by atoms with Gasteiger partial charge in [0.25, 0.3) is 0 Å². The predicted molar refractivity (Wildman–Crippen MR) is 121 cm³/mol. The first-order valence-corrected chi connectivity index (χ1v) is 11.5. The van der Waals surface area contributed by atoms with Crippen molar-refractivity contribution >= 4 is 35.1 Å². The van der Waals surface area contributed by atoms with Crippen LogP contribution >= 0.6 is 0 Å². The summed E-state index contributed by atoms with van der Waals surface area (Å²) in [6.07, 6.45) is 2.49. The average Bonchev–Trinajstić information content (AvgIpc) is 3.32. The van der Waals surface area contributed by atoms with Gasteiger partial charge in [-0.15, -0.1) is 0 Å². The summed E-state index contributed by atoms with van der Waals surface area (Å²) in [5, 5.41) is 0. The van der Waals surface area contributed by atoms with E-state index >= 15 is 0 Å². The van der Waals surface area contributed by atoms with Gasteiger partial charge < -0.3 is 9.64 Å². The van der Waals surface area contributed by atoms with E-state index < -0.39 is 11.9 Å². The van der Waals surface area contributed by atoms with E-state index in [0.717, 1.165) is 24.9 Å². The summed E-state index contributed by atoms with van der Waals surface area (Å²) < 4.78 is 5.57. The van der Waals surface area contributed by atoms with Crippen LogP contribution in [0.4, 0.5) is 11.4 Å². The van der Waals surface area contributed by atoms with Gasteiger partial charge in [0.2, 0.25) is 17.7 Å². The molecule has 7 heteroatoms. The summed E-state index contributed by atoms with van der Waals surface area (Å²) in [6, 6.07) is 15.7. The van der Waals surface area contributed by atoms with E-state index in [0.29, 0.717) is 11.6 Å². The Labute approximate surface area is 192 Å². The average molecular weight is 447 g/mol. The molecule has 0 N–H and O–H groups in total. The molecule has 2 aromatic rings. The number of imide groups is 1. The van der Waals surface area contributed by atoms with Gasteiger partial charge in [-0.3, -0.25) is 19.2 Å². The number of amides is 3. The van der Waals surface area contributed by atoms with Gasteiger partial charge in [0.15, 0.2) is 0 Å². The molecule has 3 aliphatic rings. The van der Waals surface area contributed by atoms with Crippen molar-refractivity contribution in [2.24, 2.45) is 23.7 Å². The quantitative estimate of drug-likeness (QED) is 0.407. The van der Waals surface area contributed by atoms with Crippen molar-refractivity contribution in [3.05, 3.63) is 54.6 Å². The zero-order valence-electron chi connectivity index (χ0n) is 18.5. The predicted octanol–water partition coefficient (Wildman–Crippen LogP) is 3.57. The number of carbonyl (C=O) groups excluding carboxylic acids is 4. The Kier molecular flexibility index (Phi) is 5.48. The Morgan fingerprint density at radius 1 is 0.909 bits per heavy atom. The maximum atomic E-state index is 13.0. The minimum Gasteiger partial charge on any atom is -0.426 e. The Balaban J connectivity index is 1.29. The zero-order valence-corrected chi connectivity index (χ0v) is 18.5. The van der Waals surface area contributed by atoms with E-state index in [1.54, 1.807) is 29.2 Å². The third kappa shape index (κ3) is 3.92. The lowest BCUT2D eigenvalue weighted by Crippen LogP contribution is -2.31. The smallest absolute Gasteiger partial charge is 0.316 e. The molecule has 2 saturated heterocycles. The summed E-state index contributed by atoms with van der Waals surface area (Å²) in [7, 11) is 0. The van der Waals surface area contributed by atoms with E-state index in [1.165, 1.54) is 4.90 Å². The Hall–Kier alpha value is -3.48. The molecule has 5 rings (SSSR count). The molecule has 1 saturated carbocycles. The Bertz CT molecular complexity index is 1110. The number of benzene rings is 2. The molecular weight excluding hydrogens is 420 g/mol. The molecule has 3 fully saturated rings. The summed E-state index contributed by atoms with van der Waals surface area (Å²) in [5.41, 5.74) is 1.17. The van der Waals surface area contributed by atoms with Gasteiger partial charge in [0.1, 0.15) is 5.75 Å². The molecule has 7 nitrogen and oxygen atoms in total. The number of para-hydroxylation sites is 1. The van der Waals surface area contributed by atoms with Crippen LogP contribution < -0.4 is 14.5 Å². The first kappa shape index (κ1) is 21.4. The normalized spacial score (nSPS) is 27.1. The van der Waals surface area contributed by atoms with Crippen molar-refractivity contribution in [2.45, 2.75) is 32.6 Å². The van der Waals surface area contributed by atoms with Crippen molar-refractivity contribution in [2.75, 3.05) is 16.3 Å². The number of rotatable bonds is 4. The monoisotopic (exact) mass is 446 g/mol. The molecule has 2 aliphatic heterocycles. The van der Waals surface area contributed by atoms with Crippen LogP contribution in [0.2, 0.25) is 0 Å². The second-order valence-electron chi connectivity index (χ2n) is 9.30. The van der Waals surface area contributed by atoms with Gasteiger partial charge in [-0.25, -0.2) is 4.90 Å². The molecule has 0 radical (unpaired) electrons. The van der Waals surface area contributed by atoms with Gasteiger partial charge in [-0.2, -0.15) is 0 Å². The summed E-state index contributed by atoms with van der Waals surface area (Å²) in [6.45, 7) is 2.37. The SMILES string of the molecule is C[C@H]1CC[C@@H]2C(=O)N(c3cccc(OC(=O)[C@@H]4CC(=O)N(c5ccccc5)C4)c3)C(=O)[C@@H]2C1. The van der Waals surface area contributed by atoms with Gasteiger partial charge in [-0.05, 0) is 49.4 Å². The highest BCUT2D eigenvalue weighted by Crippen LogP contribution is 2.42. The van der Waals surface area contributed by atoms with E-state index in [4.69, 9.17) is 4.74 Å². The van der Waals surface area contributed by atoms with Crippen LogP contribution in [-0.4, -0.2) is 30.2 Å². The first-order valence-electron chi connectivity index (χ1n) is 11.5. The lowest BCUT2D eigenvalue weighted by Gasteiger charge is -2.25. The van der Waals surface area contributed by atoms with Crippen LogP contribution in [0.15, 0.2) is 54.6 Å². The summed E-state index contributed by atoms with van der Waals surface area (Å²) >= 11 is 0. The Morgan fingerprint density at radius 2 is 1.64 bits per heavy atom. The van der Waals surface area contributed by atoms with Gasteiger partial charge in [0.05, 0.1) is 23.4 Å². The number of anilines is 2. The highest BCUT2D eigenvalue weighted by molar-refractivity contribution is 6.22. The van der Waals surface area contributed by atoms with Crippen LogP contribution in [0.1, 0.15) is 32.6 Å². The maximum absolute atomic E-state index is 13.0. The fourth-order valence-electron chi connectivity index (χ4n) is 5.25. The van der Waals surface area contributed by atoms with E-state index in [1.807, 2.05) is 30.3 Å². The summed E-state index contributed by atoms with van der Waals surface area (Å²) in [4.78, 5) is 54.0. The van der Waals surface area contributed by atoms with E-state index in [2.05, 4.69) is 6.92 Å². The van der Waals surface area contributed by atoms with Crippen LogP contribution in [0.5, 0.6) is 5.75 Å². The topological polar surface area (TPSA) is 84.0 Å². The Morgan fingerprint density at radius 3 is 2.42 bits per heavy atom. The highest BCUT2D eigenvalue weighted by Gasteiger charge is 2.50. The van der Waals surface area contributed by atoms with Crippen LogP contribution in [0, 0.1) is 23.7 Å². The van der Waals surface area contributed by atoms with Crippen LogP contribution in [-0.2, 0) is 19.2 Å². The molecule has 4 atom stereocenters. The minimum absolute atomic E-state index is 0.0814. The van der Waals surface area contributed by atoms with Gasteiger partial charge >= 0.3 is 5.97 Å². The van der Waals surface area contributed by atoms with E-state index in [-0.39, 0.29) is 48.3 Å². The molecule has 0 bridgehead atoms. The van der Waals surface area contributed by atoms with Crippen molar-refractivity contribution in [3.63, 3.8) is 0 Å². The molecule has 3 amide bonds. The number of carbonyl (C=O) groups is 4. The van der Waals surface area contributed by atoms with E-state index in [9.17, 15) is 19.2 Å². The second kappa shape index (κ2) is 8.46. The molecular formula is C26H26N2O5. The number of fused-ring (bicyclic) bond motifs is 1. The third-order valence-electron chi connectivity index (χ3n) is 7.01. The number of nitrogens with zero attached hydrogens (tertiary/aromatic N) is 2. The molecule has 0 unspecified atom stereocenters. The molecule has 2 heterocycles. The molecule has 2 aromatic carbocycles. The van der Waals surface area contributed by atoms with Crippen LogP contribution in [0.3, 0.4) is 0 Å². The maximum Gasteiger partial charge on any atom is 0.316 e. The fraction of sp³-hybridized carbons (Fsp3) is 0.385. The molecule has 0 aromatic heterocycles. The largest absolute Gasteiger partial charge is 0.426 e. The highest BCUT2D eigenvalue weighted by atomic mass is 16.5. The lowest BCUT2D eigenvalue weighted by molar-refractivity contribution is -0.139. The van der Waals surface area contributed by atoms with Gasteiger partial charge in [-0.1, -0.05) is 31.2 Å². The first-order chi connectivity index (χ1) is 15.9. The summed E-state index contributed by atoms with van der Waals surface area (Å²) in [5.74, 6) is -1.37. The molecule has 1 aliphatic carbocycles. The number of hydrogen-bond acceptors (Lipinski definition) is 5. The second-order valence-corrected chi connectivity index (χ2v) is 9.30. The van der Waals surface area contributed by atoms with Gasteiger partial charge in [0, 0.05) is 24.7 Å². The van der Waals surface area contributed by atoms with Crippen molar-refractivity contribution < 1.29 is 23.9 Å². The van der Waals surface area contributed by atoms with Crippen molar-refractivity contribution in [3.8, 4) is 5.75 Å². The third-order valence-corrected chi connectivity index (χ3v) is 7.01.